The maximum absolute atomic E-state index is 12.0. The van der Waals surface area contributed by atoms with E-state index in [1.54, 1.807) is 25.1 Å². The van der Waals surface area contributed by atoms with Gasteiger partial charge in [-0.15, -0.1) is 0 Å². The van der Waals surface area contributed by atoms with Gasteiger partial charge in [-0.05, 0) is 47.6 Å². The molecule has 7 heteroatoms. The number of anilines is 1. The van der Waals surface area contributed by atoms with Crippen molar-refractivity contribution < 1.29 is 13.8 Å². The van der Waals surface area contributed by atoms with Gasteiger partial charge < -0.3 is 10.6 Å². The Labute approximate surface area is 141 Å². The van der Waals surface area contributed by atoms with Crippen molar-refractivity contribution in [2.75, 3.05) is 5.32 Å². The van der Waals surface area contributed by atoms with Crippen molar-refractivity contribution in [1.29, 1.82) is 0 Å². The minimum Gasteiger partial charge on any atom is -0.345 e. The normalized spacial score (nSPS) is 11.9. The monoisotopic (exact) mass is 421 g/mol. The second-order valence-corrected chi connectivity index (χ2v) is 6.87. The summed E-state index contributed by atoms with van der Waals surface area (Å²) in [4.78, 5) is 24.2. The van der Waals surface area contributed by atoms with Crippen LogP contribution < -0.4 is 10.6 Å². The Morgan fingerprint density at radius 2 is 1.95 bits per heavy atom. The van der Waals surface area contributed by atoms with E-state index in [-0.39, 0.29) is 17.7 Å². The summed E-state index contributed by atoms with van der Waals surface area (Å²) in [6.07, 6.45) is 0.387. The zero-order valence-corrected chi connectivity index (χ0v) is 15.1. The molecule has 0 saturated carbocycles. The molecule has 0 fully saturated rings. The van der Waals surface area contributed by atoms with Crippen LogP contribution in [0.4, 0.5) is 5.69 Å². The van der Waals surface area contributed by atoms with E-state index in [2.05, 4.69) is 33.2 Å². The third-order valence-electron chi connectivity index (χ3n) is 2.65. The molecule has 0 spiro atoms. The van der Waals surface area contributed by atoms with Crippen LogP contribution in [0.15, 0.2) is 23.1 Å². The minimum atomic E-state index is -0.626. The Morgan fingerprint density at radius 3 is 2.52 bits per heavy atom. The molecule has 0 heterocycles. The van der Waals surface area contributed by atoms with Crippen LogP contribution in [0.5, 0.6) is 0 Å². The van der Waals surface area contributed by atoms with E-state index >= 15 is 0 Å². The first-order valence-corrected chi connectivity index (χ1v) is 8.35. The van der Waals surface area contributed by atoms with Gasteiger partial charge in [-0.1, -0.05) is 13.8 Å². The van der Waals surface area contributed by atoms with Crippen molar-refractivity contribution >= 4 is 51.8 Å². The van der Waals surface area contributed by atoms with Gasteiger partial charge in [0.2, 0.25) is 11.8 Å². The van der Waals surface area contributed by atoms with E-state index < -0.39 is 6.04 Å². The molecule has 0 aliphatic heterocycles. The Balaban J connectivity index is 2.64. The van der Waals surface area contributed by atoms with E-state index in [1.165, 1.54) is 0 Å². The number of halogens is 1. The highest BCUT2D eigenvalue weighted by molar-refractivity contribution is 14.1. The van der Waals surface area contributed by atoms with E-state index in [9.17, 15) is 13.8 Å². The van der Waals surface area contributed by atoms with Crippen LogP contribution in [0.2, 0.25) is 0 Å². The number of rotatable bonds is 6. The predicted molar refractivity (Wildman–Crippen MR) is 91.2 cm³/mol. The molecule has 114 valence electrons. The summed E-state index contributed by atoms with van der Waals surface area (Å²) in [6, 6.07) is 4.49. The van der Waals surface area contributed by atoms with Crippen LogP contribution in [0, 0.1) is 9.49 Å². The molecular weight excluding hydrogens is 403 g/mol. The molecular formula is C14H18IN2O3S+. The SMILES string of the molecule is CC(C)CC(=O)N[C@@H](C)C(=O)Nc1ccc(I)c([S+]=O)c1. The second kappa shape index (κ2) is 8.38. The van der Waals surface area contributed by atoms with Crippen LogP contribution >= 0.6 is 22.6 Å². The molecule has 0 unspecified atom stereocenters. The first-order valence-electron chi connectivity index (χ1n) is 6.53. The van der Waals surface area contributed by atoms with Crippen molar-refractivity contribution in [3.63, 3.8) is 0 Å². The van der Waals surface area contributed by atoms with Gasteiger partial charge in [0.15, 0.2) is 0 Å². The van der Waals surface area contributed by atoms with Gasteiger partial charge in [0, 0.05) is 22.4 Å². The molecule has 0 bridgehead atoms. The van der Waals surface area contributed by atoms with Crippen molar-refractivity contribution in [2.45, 2.75) is 38.1 Å². The molecule has 1 rings (SSSR count). The minimum absolute atomic E-state index is 0.147. The zero-order valence-electron chi connectivity index (χ0n) is 12.1. The highest BCUT2D eigenvalue weighted by Crippen LogP contribution is 2.18. The molecule has 1 aromatic carbocycles. The molecule has 21 heavy (non-hydrogen) atoms. The third-order valence-corrected chi connectivity index (χ3v) is 4.48. The summed E-state index contributed by atoms with van der Waals surface area (Å²) >= 11 is 2.44. The molecule has 0 aromatic heterocycles. The van der Waals surface area contributed by atoms with Crippen LogP contribution in [-0.4, -0.2) is 17.9 Å². The van der Waals surface area contributed by atoms with Crippen molar-refractivity contribution in [1.82, 2.24) is 5.32 Å². The molecule has 2 amide bonds. The average Bonchev–Trinajstić information content (AvgIpc) is 2.39. The van der Waals surface area contributed by atoms with Crippen LogP contribution in [-0.2, 0) is 25.5 Å². The fourth-order valence-electron chi connectivity index (χ4n) is 1.63. The number of carbonyl (C=O) groups is 2. The summed E-state index contributed by atoms with van der Waals surface area (Å²) in [7, 11) is 0. The molecule has 0 saturated heterocycles. The van der Waals surface area contributed by atoms with Crippen molar-refractivity contribution in [2.24, 2.45) is 5.92 Å². The van der Waals surface area contributed by atoms with E-state index in [4.69, 9.17) is 0 Å². The molecule has 0 aliphatic rings. The Bertz CT molecular complexity index is 549. The van der Waals surface area contributed by atoms with Gasteiger partial charge in [-0.3, -0.25) is 9.59 Å². The summed E-state index contributed by atoms with van der Waals surface area (Å²) in [5.41, 5.74) is 0.545. The summed E-state index contributed by atoms with van der Waals surface area (Å²) in [5.74, 6) is -0.214. The van der Waals surface area contributed by atoms with Gasteiger partial charge in [-0.25, -0.2) is 0 Å². The van der Waals surface area contributed by atoms with Crippen LogP contribution in [0.1, 0.15) is 27.2 Å². The van der Waals surface area contributed by atoms with Gasteiger partial charge >= 0.3 is 16.6 Å². The maximum Gasteiger partial charge on any atom is 0.506 e. The molecule has 1 aromatic rings. The Hall–Kier alpha value is -1.09. The topological polar surface area (TPSA) is 75.3 Å². The molecule has 5 nitrogen and oxygen atoms in total. The van der Waals surface area contributed by atoms with Gasteiger partial charge in [0.1, 0.15) is 6.04 Å². The lowest BCUT2D eigenvalue weighted by atomic mass is 10.1. The average molecular weight is 421 g/mol. The fourth-order valence-corrected chi connectivity index (χ4v) is 2.56. The molecule has 1 atom stereocenters. The Kier molecular flexibility index (Phi) is 7.16. The highest BCUT2D eigenvalue weighted by atomic mass is 127. The smallest absolute Gasteiger partial charge is 0.345 e. The zero-order chi connectivity index (χ0) is 16.0. The van der Waals surface area contributed by atoms with E-state index in [0.29, 0.717) is 28.7 Å². The third kappa shape index (κ3) is 6.04. The first kappa shape index (κ1) is 18.0. The number of hydrogen-bond donors (Lipinski definition) is 2. The van der Waals surface area contributed by atoms with E-state index in [0.717, 1.165) is 3.57 Å². The lowest BCUT2D eigenvalue weighted by molar-refractivity contribution is -0.126. The van der Waals surface area contributed by atoms with Gasteiger partial charge in [0.05, 0.1) is 3.57 Å². The van der Waals surface area contributed by atoms with Crippen molar-refractivity contribution in [3.05, 3.63) is 21.8 Å². The number of nitrogens with one attached hydrogen (secondary N) is 2. The number of carbonyl (C=O) groups excluding carboxylic acids is 2. The summed E-state index contributed by atoms with van der Waals surface area (Å²) in [6.45, 7) is 5.51. The lowest BCUT2D eigenvalue weighted by Crippen LogP contribution is -2.41. The number of amides is 2. The molecule has 0 aliphatic carbocycles. The summed E-state index contributed by atoms with van der Waals surface area (Å²) in [5, 5.41) is 5.34. The molecule has 0 radical (unpaired) electrons. The van der Waals surface area contributed by atoms with Gasteiger partial charge in [0.25, 0.3) is 0 Å². The second-order valence-electron chi connectivity index (χ2n) is 5.10. The predicted octanol–water partition coefficient (Wildman–Crippen LogP) is 2.57. The number of benzene rings is 1. The standard InChI is InChI=1S/C14H17IN2O3S/c1-8(2)6-13(18)16-9(3)14(19)17-10-4-5-11(15)12(7-10)21-20/h4-5,7-9H,6H2,1-3H3,(H-,16,17,18,19)/p+1/t9-/m0/s1. The van der Waals surface area contributed by atoms with Crippen molar-refractivity contribution in [3.8, 4) is 0 Å². The Morgan fingerprint density at radius 1 is 1.29 bits per heavy atom. The largest absolute Gasteiger partial charge is 0.506 e. The van der Waals surface area contributed by atoms with Crippen LogP contribution in [0.3, 0.4) is 0 Å². The quantitative estimate of drug-likeness (QED) is 0.548. The highest BCUT2D eigenvalue weighted by Gasteiger charge is 2.18. The first-order chi connectivity index (χ1) is 9.83. The maximum atomic E-state index is 12.0. The van der Waals surface area contributed by atoms with Crippen LogP contribution in [0.25, 0.3) is 0 Å². The van der Waals surface area contributed by atoms with E-state index in [1.807, 2.05) is 13.8 Å². The summed E-state index contributed by atoms with van der Waals surface area (Å²) < 4.78 is 11.8. The fraction of sp³-hybridized carbons (Fsp3) is 0.429. The lowest BCUT2D eigenvalue weighted by Gasteiger charge is -2.14. The van der Waals surface area contributed by atoms with Gasteiger partial charge in [-0.2, -0.15) is 0 Å². The molecule has 2 N–H and O–H groups in total. The number of hydrogen-bond acceptors (Lipinski definition) is 3.